The molecule has 0 unspecified atom stereocenters. The maximum absolute atomic E-state index is 13.6. The van der Waals surface area contributed by atoms with Gasteiger partial charge >= 0.3 is 0 Å². The average Bonchev–Trinajstić information content (AvgIpc) is 3.59. The Labute approximate surface area is 228 Å². The Morgan fingerprint density at radius 2 is 1.67 bits per heavy atom. The number of carbonyl (C=O) groups excluding carboxylic acids is 1. The van der Waals surface area contributed by atoms with Crippen molar-refractivity contribution in [2.45, 2.75) is 46.1 Å². The summed E-state index contributed by atoms with van der Waals surface area (Å²) in [7, 11) is 0. The predicted octanol–water partition coefficient (Wildman–Crippen LogP) is 6.53. The molecule has 1 amide bonds. The number of hydrogen-bond donors (Lipinski definition) is 1. The quantitative estimate of drug-likeness (QED) is 0.227. The van der Waals surface area contributed by atoms with Gasteiger partial charge in [0.15, 0.2) is 0 Å². The molecule has 1 N–H and O–H groups in total. The number of aryl methyl sites for hydroxylation is 2. The van der Waals surface area contributed by atoms with Crippen molar-refractivity contribution in [3.8, 4) is 17.3 Å². The van der Waals surface area contributed by atoms with Gasteiger partial charge < -0.3 is 9.73 Å². The number of hydrogen-bond acceptors (Lipinski definition) is 5. The van der Waals surface area contributed by atoms with Gasteiger partial charge in [-0.2, -0.15) is 5.10 Å². The maximum atomic E-state index is 13.6. The van der Waals surface area contributed by atoms with E-state index in [1.165, 1.54) is 0 Å². The zero-order valence-electron chi connectivity index (χ0n) is 22.5. The summed E-state index contributed by atoms with van der Waals surface area (Å²) in [5, 5.41) is 16.2. The van der Waals surface area contributed by atoms with Crippen LogP contribution < -0.4 is 5.32 Å². The molecule has 2 heterocycles. The molecule has 0 aliphatic heterocycles. The SMILES string of the molecule is Cc1nnc(-c2cc(CCC(C)C)n(-c3cccc(C(=O)N[C@H](Cc4ccccc4)c4ccccc4)c3)n2)o1. The highest BCUT2D eigenvalue weighted by Gasteiger charge is 2.19. The number of nitrogens with one attached hydrogen (secondary N) is 1. The molecule has 1 atom stereocenters. The van der Waals surface area contributed by atoms with Crippen molar-refractivity contribution >= 4 is 5.91 Å². The van der Waals surface area contributed by atoms with Crippen LogP contribution >= 0.6 is 0 Å². The Bertz CT molecular complexity index is 1520. The normalized spacial score (nSPS) is 12.0. The zero-order chi connectivity index (χ0) is 27.2. The fourth-order valence-electron chi connectivity index (χ4n) is 4.57. The van der Waals surface area contributed by atoms with Crippen LogP contribution in [0.3, 0.4) is 0 Å². The number of rotatable bonds is 10. The molecule has 5 rings (SSSR count). The lowest BCUT2D eigenvalue weighted by Crippen LogP contribution is -2.30. The third-order valence-corrected chi connectivity index (χ3v) is 6.65. The number of carbonyl (C=O) groups is 1. The zero-order valence-corrected chi connectivity index (χ0v) is 22.5. The molecule has 39 heavy (non-hydrogen) atoms. The van der Waals surface area contributed by atoms with Crippen molar-refractivity contribution in [1.29, 1.82) is 0 Å². The average molecular weight is 520 g/mol. The van der Waals surface area contributed by atoms with Crippen molar-refractivity contribution in [2.75, 3.05) is 0 Å². The number of nitrogens with zero attached hydrogens (tertiary/aromatic N) is 4. The van der Waals surface area contributed by atoms with E-state index in [9.17, 15) is 4.79 Å². The molecule has 0 aliphatic carbocycles. The van der Waals surface area contributed by atoms with Gasteiger partial charge in [-0.3, -0.25) is 4.79 Å². The second-order valence-electron chi connectivity index (χ2n) is 10.2. The van der Waals surface area contributed by atoms with Gasteiger partial charge in [-0.1, -0.05) is 80.6 Å². The van der Waals surface area contributed by atoms with E-state index in [1.54, 1.807) is 6.92 Å². The molecule has 0 spiro atoms. The molecule has 0 aliphatic rings. The van der Waals surface area contributed by atoms with Crippen molar-refractivity contribution < 1.29 is 9.21 Å². The van der Waals surface area contributed by atoms with E-state index in [-0.39, 0.29) is 11.9 Å². The molecule has 3 aromatic carbocycles. The van der Waals surface area contributed by atoms with E-state index in [0.29, 0.717) is 35.4 Å². The highest BCUT2D eigenvalue weighted by Crippen LogP contribution is 2.24. The van der Waals surface area contributed by atoms with Gasteiger partial charge in [-0.05, 0) is 60.6 Å². The summed E-state index contributed by atoms with van der Waals surface area (Å²) in [5.41, 5.74) is 5.25. The molecule has 2 aromatic heterocycles. The smallest absolute Gasteiger partial charge is 0.268 e. The largest absolute Gasteiger partial charge is 0.420 e. The van der Waals surface area contributed by atoms with E-state index >= 15 is 0 Å². The summed E-state index contributed by atoms with van der Waals surface area (Å²) in [5.74, 6) is 1.28. The first kappa shape index (κ1) is 26.1. The van der Waals surface area contributed by atoms with Crippen molar-refractivity contribution in [1.82, 2.24) is 25.3 Å². The fraction of sp³-hybridized carbons (Fsp3) is 0.250. The Morgan fingerprint density at radius 1 is 0.923 bits per heavy atom. The monoisotopic (exact) mass is 519 g/mol. The van der Waals surface area contributed by atoms with Gasteiger partial charge in [-0.15, -0.1) is 10.2 Å². The van der Waals surface area contributed by atoms with Crippen molar-refractivity contribution in [3.05, 3.63) is 119 Å². The fourth-order valence-corrected chi connectivity index (χ4v) is 4.57. The topological polar surface area (TPSA) is 85.8 Å². The molecule has 0 bridgehead atoms. The number of benzene rings is 3. The Kier molecular flexibility index (Phi) is 7.96. The van der Waals surface area contributed by atoms with E-state index in [4.69, 9.17) is 9.52 Å². The first-order valence-corrected chi connectivity index (χ1v) is 13.4. The van der Waals surface area contributed by atoms with Gasteiger partial charge in [0.25, 0.3) is 11.8 Å². The van der Waals surface area contributed by atoms with Crippen LogP contribution in [0.15, 0.2) is 95.4 Å². The molecule has 5 aromatic rings. The summed E-state index contributed by atoms with van der Waals surface area (Å²) in [4.78, 5) is 13.6. The minimum absolute atomic E-state index is 0.134. The maximum Gasteiger partial charge on any atom is 0.268 e. The minimum atomic E-state index is -0.163. The van der Waals surface area contributed by atoms with Gasteiger partial charge in [-0.25, -0.2) is 4.68 Å². The van der Waals surface area contributed by atoms with Crippen molar-refractivity contribution in [3.63, 3.8) is 0 Å². The molecule has 198 valence electrons. The Hall–Kier alpha value is -4.52. The van der Waals surface area contributed by atoms with Gasteiger partial charge in [0, 0.05) is 18.2 Å². The molecular formula is C32H33N5O2. The van der Waals surface area contributed by atoms with Crippen LogP contribution in [0.1, 0.15) is 59.4 Å². The van der Waals surface area contributed by atoms with E-state index in [1.807, 2.05) is 71.4 Å². The summed E-state index contributed by atoms with van der Waals surface area (Å²) in [6.45, 7) is 6.16. The van der Waals surface area contributed by atoms with Crippen LogP contribution in [-0.4, -0.2) is 25.9 Å². The lowest BCUT2D eigenvalue weighted by Gasteiger charge is -2.20. The minimum Gasteiger partial charge on any atom is -0.420 e. The van der Waals surface area contributed by atoms with E-state index < -0.39 is 0 Å². The van der Waals surface area contributed by atoms with Crippen LogP contribution in [0, 0.1) is 12.8 Å². The van der Waals surface area contributed by atoms with Crippen LogP contribution in [0.2, 0.25) is 0 Å². The lowest BCUT2D eigenvalue weighted by atomic mass is 9.98. The highest BCUT2D eigenvalue weighted by atomic mass is 16.4. The molecule has 7 nitrogen and oxygen atoms in total. The second kappa shape index (κ2) is 11.9. The van der Waals surface area contributed by atoms with E-state index in [0.717, 1.165) is 35.3 Å². The van der Waals surface area contributed by atoms with Crippen molar-refractivity contribution in [2.24, 2.45) is 5.92 Å². The first-order chi connectivity index (χ1) is 19.0. The summed E-state index contributed by atoms with van der Waals surface area (Å²) in [6, 6.07) is 29.7. The molecule has 0 radical (unpaired) electrons. The number of amides is 1. The Morgan fingerprint density at radius 3 is 2.36 bits per heavy atom. The lowest BCUT2D eigenvalue weighted by molar-refractivity contribution is 0.0936. The van der Waals surface area contributed by atoms with E-state index in [2.05, 4.69) is 53.6 Å². The molecule has 0 fully saturated rings. The standard InChI is InChI=1S/C32H33N5O2/c1-22(2)17-18-28-21-30(32-35-34-23(3)39-32)36-37(28)27-16-10-15-26(20-27)31(38)33-29(25-13-8-5-9-14-25)19-24-11-6-4-7-12-24/h4-16,20-22,29H,17-19H2,1-3H3,(H,33,38)/t29-/m1/s1. The van der Waals surface area contributed by atoms with Crippen LogP contribution in [0.4, 0.5) is 0 Å². The highest BCUT2D eigenvalue weighted by molar-refractivity contribution is 5.95. The third kappa shape index (κ3) is 6.49. The first-order valence-electron chi connectivity index (χ1n) is 13.4. The second-order valence-corrected chi connectivity index (χ2v) is 10.2. The van der Waals surface area contributed by atoms with Crippen LogP contribution in [0.25, 0.3) is 17.3 Å². The molecular weight excluding hydrogens is 486 g/mol. The van der Waals surface area contributed by atoms with Crippen LogP contribution in [-0.2, 0) is 12.8 Å². The summed E-state index contributed by atoms with van der Waals surface area (Å²) < 4.78 is 7.52. The summed E-state index contributed by atoms with van der Waals surface area (Å²) in [6.07, 6.45) is 2.54. The van der Waals surface area contributed by atoms with Gasteiger partial charge in [0.2, 0.25) is 5.89 Å². The molecule has 0 saturated carbocycles. The van der Waals surface area contributed by atoms with Gasteiger partial charge in [0.1, 0.15) is 5.69 Å². The van der Waals surface area contributed by atoms with Crippen LogP contribution in [0.5, 0.6) is 0 Å². The Balaban J connectivity index is 1.43. The molecule has 7 heteroatoms. The molecule has 0 saturated heterocycles. The third-order valence-electron chi connectivity index (χ3n) is 6.65. The summed E-state index contributed by atoms with van der Waals surface area (Å²) >= 11 is 0. The van der Waals surface area contributed by atoms with Gasteiger partial charge in [0.05, 0.1) is 11.7 Å². The number of aromatic nitrogens is 4. The predicted molar refractivity (Wildman–Crippen MR) is 152 cm³/mol.